The molecule has 1 amide bonds. The van der Waals surface area contributed by atoms with Gasteiger partial charge in [-0.2, -0.15) is 5.26 Å². The van der Waals surface area contributed by atoms with Gasteiger partial charge in [0.1, 0.15) is 11.6 Å². The van der Waals surface area contributed by atoms with Gasteiger partial charge in [-0.05, 0) is 42.5 Å². The minimum absolute atomic E-state index is 0.145. The standard InChI is InChI=1S/C18H22N2O3/c1-13-6-8-20(9-7-13)18(21)15(12-19)10-14-4-5-16(22-2)17(11-14)23-3/h4-5,10-11,13H,6-9H2,1-3H3/b15-10-. The summed E-state index contributed by atoms with van der Waals surface area (Å²) < 4.78 is 10.4. The fraction of sp³-hybridized carbons (Fsp3) is 0.444. The first-order valence-corrected chi connectivity index (χ1v) is 7.72. The SMILES string of the molecule is COc1ccc(/C=C(/C#N)C(=O)N2CCC(C)CC2)cc1OC. The van der Waals surface area contributed by atoms with Gasteiger partial charge in [-0.3, -0.25) is 4.79 Å². The molecule has 1 fully saturated rings. The second-order valence-corrected chi connectivity index (χ2v) is 5.76. The van der Waals surface area contributed by atoms with Gasteiger partial charge in [0.2, 0.25) is 0 Å². The highest BCUT2D eigenvalue weighted by Crippen LogP contribution is 2.28. The number of carbonyl (C=O) groups excluding carboxylic acids is 1. The van der Waals surface area contributed by atoms with Crippen LogP contribution in [0.15, 0.2) is 23.8 Å². The fourth-order valence-corrected chi connectivity index (χ4v) is 2.63. The van der Waals surface area contributed by atoms with Gasteiger partial charge < -0.3 is 14.4 Å². The maximum atomic E-state index is 12.5. The molecular formula is C18H22N2O3. The second kappa shape index (κ2) is 7.68. The zero-order valence-corrected chi connectivity index (χ0v) is 13.8. The Morgan fingerprint density at radius 1 is 1.26 bits per heavy atom. The number of carbonyl (C=O) groups is 1. The number of ether oxygens (including phenoxy) is 2. The van der Waals surface area contributed by atoms with Crippen LogP contribution in [0.1, 0.15) is 25.3 Å². The van der Waals surface area contributed by atoms with Crippen LogP contribution < -0.4 is 9.47 Å². The number of amides is 1. The summed E-state index contributed by atoms with van der Waals surface area (Å²) in [6.45, 7) is 3.61. The first-order valence-electron chi connectivity index (χ1n) is 7.72. The van der Waals surface area contributed by atoms with Crippen molar-refractivity contribution in [2.45, 2.75) is 19.8 Å². The van der Waals surface area contributed by atoms with E-state index in [1.807, 2.05) is 6.07 Å². The fourth-order valence-electron chi connectivity index (χ4n) is 2.63. The third-order valence-electron chi connectivity index (χ3n) is 4.14. The van der Waals surface area contributed by atoms with Gasteiger partial charge >= 0.3 is 0 Å². The Kier molecular flexibility index (Phi) is 5.64. The molecule has 1 heterocycles. The van der Waals surface area contributed by atoms with Crippen molar-refractivity contribution in [3.63, 3.8) is 0 Å². The van der Waals surface area contributed by atoms with Gasteiger partial charge in [0, 0.05) is 13.1 Å². The minimum atomic E-state index is -0.200. The van der Waals surface area contributed by atoms with Crippen LogP contribution in [0.3, 0.4) is 0 Å². The van der Waals surface area contributed by atoms with E-state index in [-0.39, 0.29) is 11.5 Å². The average Bonchev–Trinajstić information content (AvgIpc) is 2.59. The highest BCUT2D eigenvalue weighted by Gasteiger charge is 2.23. The van der Waals surface area contributed by atoms with Crippen molar-refractivity contribution in [1.29, 1.82) is 5.26 Å². The Morgan fingerprint density at radius 2 is 1.91 bits per heavy atom. The molecule has 1 aliphatic rings. The molecule has 0 bridgehead atoms. The number of hydrogen-bond donors (Lipinski definition) is 0. The van der Waals surface area contributed by atoms with E-state index >= 15 is 0 Å². The first-order chi connectivity index (χ1) is 11.1. The number of methoxy groups -OCH3 is 2. The predicted octanol–water partition coefficient (Wildman–Crippen LogP) is 2.87. The molecule has 0 unspecified atom stereocenters. The summed E-state index contributed by atoms with van der Waals surface area (Å²) in [5, 5.41) is 9.35. The minimum Gasteiger partial charge on any atom is -0.493 e. The second-order valence-electron chi connectivity index (χ2n) is 5.76. The van der Waals surface area contributed by atoms with E-state index in [0.717, 1.165) is 18.4 Å². The Bertz CT molecular complexity index is 638. The molecule has 0 aromatic heterocycles. The van der Waals surface area contributed by atoms with Crippen LogP contribution in [0.5, 0.6) is 11.5 Å². The molecule has 0 N–H and O–H groups in total. The van der Waals surface area contributed by atoms with Crippen molar-refractivity contribution in [2.24, 2.45) is 5.92 Å². The zero-order chi connectivity index (χ0) is 16.8. The number of nitriles is 1. The molecule has 0 atom stereocenters. The quantitative estimate of drug-likeness (QED) is 0.633. The van der Waals surface area contributed by atoms with Crippen molar-refractivity contribution < 1.29 is 14.3 Å². The van der Waals surface area contributed by atoms with Crippen molar-refractivity contribution in [1.82, 2.24) is 4.90 Å². The molecule has 5 nitrogen and oxygen atoms in total. The molecule has 0 saturated carbocycles. The lowest BCUT2D eigenvalue weighted by molar-refractivity contribution is -0.127. The molecule has 1 aliphatic heterocycles. The molecule has 5 heteroatoms. The van der Waals surface area contributed by atoms with Crippen LogP contribution in [0, 0.1) is 17.2 Å². The maximum absolute atomic E-state index is 12.5. The maximum Gasteiger partial charge on any atom is 0.264 e. The number of piperidine rings is 1. The van der Waals surface area contributed by atoms with Crippen LogP contribution >= 0.6 is 0 Å². The normalized spacial score (nSPS) is 15.9. The third-order valence-corrected chi connectivity index (χ3v) is 4.14. The van der Waals surface area contributed by atoms with E-state index in [4.69, 9.17) is 9.47 Å². The lowest BCUT2D eigenvalue weighted by Gasteiger charge is -2.30. The Morgan fingerprint density at radius 3 is 2.48 bits per heavy atom. The number of likely N-dealkylation sites (tertiary alicyclic amines) is 1. The molecule has 0 aliphatic carbocycles. The average molecular weight is 314 g/mol. The molecule has 1 saturated heterocycles. The van der Waals surface area contributed by atoms with Crippen LogP contribution in [0.25, 0.3) is 6.08 Å². The van der Waals surface area contributed by atoms with Crippen LogP contribution in [-0.4, -0.2) is 38.1 Å². The summed E-state index contributed by atoms with van der Waals surface area (Å²) in [5.74, 6) is 1.62. The molecule has 1 aromatic carbocycles. The van der Waals surface area contributed by atoms with Crippen molar-refractivity contribution >= 4 is 12.0 Å². The smallest absolute Gasteiger partial charge is 0.264 e. The van der Waals surface area contributed by atoms with E-state index < -0.39 is 0 Å². The molecule has 2 rings (SSSR count). The summed E-state index contributed by atoms with van der Waals surface area (Å²) >= 11 is 0. The largest absolute Gasteiger partial charge is 0.493 e. The third kappa shape index (κ3) is 4.04. The molecular weight excluding hydrogens is 292 g/mol. The van der Waals surface area contributed by atoms with E-state index in [0.29, 0.717) is 30.5 Å². The first kappa shape index (κ1) is 16.9. The van der Waals surface area contributed by atoms with E-state index in [1.165, 1.54) is 0 Å². The van der Waals surface area contributed by atoms with Crippen molar-refractivity contribution in [2.75, 3.05) is 27.3 Å². The summed E-state index contributed by atoms with van der Waals surface area (Å²) in [4.78, 5) is 14.3. The van der Waals surface area contributed by atoms with E-state index in [1.54, 1.807) is 43.4 Å². The van der Waals surface area contributed by atoms with Crippen LogP contribution in [-0.2, 0) is 4.79 Å². The molecule has 23 heavy (non-hydrogen) atoms. The molecule has 1 aromatic rings. The Hall–Kier alpha value is -2.48. The number of hydrogen-bond acceptors (Lipinski definition) is 4. The molecule has 0 spiro atoms. The summed E-state index contributed by atoms with van der Waals surface area (Å²) in [6, 6.07) is 7.33. The Labute approximate surface area is 137 Å². The van der Waals surface area contributed by atoms with Crippen LogP contribution in [0.4, 0.5) is 0 Å². The topological polar surface area (TPSA) is 62.6 Å². The lowest BCUT2D eigenvalue weighted by Crippen LogP contribution is -2.38. The van der Waals surface area contributed by atoms with Gasteiger partial charge in [0.05, 0.1) is 14.2 Å². The molecule has 122 valence electrons. The monoisotopic (exact) mass is 314 g/mol. The predicted molar refractivity (Wildman–Crippen MR) is 88.1 cm³/mol. The van der Waals surface area contributed by atoms with Crippen molar-refractivity contribution in [3.8, 4) is 17.6 Å². The summed E-state index contributed by atoms with van der Waals surface area (Å²) in [5.41, 5.74) is 0.879. The van der Waals surface area contributed by atoms with Gasteiger partial charge in [-0.1, -0.05) is 13.0 Å². The highest BCUT2D eigenvalue weighted by atomic mass is 16.5. The summed E-state index contributed by atoms with van der Waals surface area (Å²) in [6.07, 6.45) is 3.57. The number of nitrogens with zero attached hydrogens (tertiary/aromatic N) is 2. The van der Waals surface area contributed by atoms with Crippen molar-refractivity contribution in [3.05, 3.63) is 29.3 Å². The van der Waals surface area contributed by atoms with E-state index in [9.17, 15) is 10.1 Å². The van der Waals surface area contributed by atoms with Crippen LogP contribution in [0.2, 0.25) is 0 Å². The van der Waals surface area contributed by atoms with Gasteiger partial charge in [0.15, 0.2) is 11.5 Å². The summed E-state index contributed by atoms with van der Waals surface area (Å²) in [7, 11) is 3.12. The lowest BCUT2D eigenvalue weighted by atomic mass is 9.98. The number of benzene rings is 1. The molecule has 0 radical (unpaired) electrons. The van der Waals surface area contributed by atoms with Gasteiger partial charge in [-0.25, -0.2) is 0 Å². The Balaban J connectivity index is 2.21. The van der Waals surface area contributed by atoms with E-state index in [2.05, 4.69) is 6.92 Å². The van der Waals surface area contributed by atoms with Gasteiger partial charge in [-0.15, -0.1) is 0 Å². The zero-order valence-electron chi connectivity index (χ0n) is 13.8. The number of rotatable bonds is 4. The van der Waals surface area contributed by atoms with Gasteiger partial charge in [0.25, 0.3) is 5.91 Å². The highest BCUT2D eigenvalue weighted by molar-refractivity contribution is 6.01.